The highest BCUT2D eigenvalue weighted by Crippen LogP contribution is 2.19. The first-order valence-corrected chi connectivity index (χ1v) is 6.44. The highest BCUT2D eigenvalue weighted by molar-refractivity contribution is 5.85. The lowest BCUT2D eigenvalue weighted by Crippen LogP contribution is -2.37. The molecular formula is C15H20N2O2. The predicted molar refractivity (Wildman–Crippen MR) is 76.2 cm³/mol. The van der Waals surface area contributed by atoms with Gasteiger partial charge >= 0.3 is 0 Å². The molecule has 0 spiro atoms. The first-order valence-electron chi connectivity index (χ1n) is 6.44. The lowest BCUT2D eigenvalue weighted by molar-refractivity contribution is -0.122. The second-order valence-electron chi connectivity index (χ2n) is 4.88. The van der Waals surface area contributed by atoms with E-state index in [2.05, 4.69) is 24.4 Å². The van der Waals surface area contributed by atoms with Crippen molar-refractivity contribution in [2.45, 2.75) is 26.4 Å². The highest BCUT2D eigenvalue weighted by Gasteiger charge is 2.09. The van der Waals surface area contributed by atoms with Gasteiger partial charge in [-0.1, -0.05) is 12.1 Å². The van der Waals surface area contributed by atoms with E-state index in [4.69, 9.17) is 4.74 Å². The van der Waals surface area contributed by atoms with Crippen LogP contribution in [0.5, 0.6) is 0 Å². The molecule has 0 fully saturated rings. The fourth-order valence-corrected chi connectivity index (χ4v) is 2.28. The van der Waals surface area contributed by atoms with E-state index in [-0.39, 0.29) is 11.9 Å². The summed E-state index contributed by atoms with van der Waals surface area (Å²) in [6, 6.07) is 8.21. The Morgan fingerprint density at radius 2 is 2.21 bits per heavy atom. The summed E-state index contributed by atoms with van der Waals surface area (Å²) in [6.45, 7) is 4.87. The molecule has 1 aromatic heterocycles. The van der Waals surface area contributed by atoms with Crippen molar-refractivity contribution in [1.29, 1.82) is 0 Å². The fourth-order valence-electron chi connectivity index (χ4n) is 2.28. The van der Waals surface area contributed by atoms with Crippen molar-refractivity contribution in [1.82, 2.24) is 9.88 Å². The molecule has 2 aromatic rings. The van der Waals surface area contributed by atoms with E-state index in [1.165, 1.54) is 10.9 Å². The summed E-state index contributed by atoms with van der Waals surface area (Å²) in [5, 5.41) is 4.11. The number of benzene rings is 1. The molecule has 1 N–H and O–H groups in total. The van der Waals surface area contributed by atoms with Crippen molar-refractivity contribution in [3.63, 3.8) is 0 Å². The van der Waals surface area contributed by atoms with Gasteiger partial charge in [-0.25, -0.2) is 0 Å². The van der Waals surface area contributed by atoms with Gasteiger partial charge in [0.05, 0.1) is 6.61 Å². The Balaban J connectivity index is 2.09. The molecular weight excluding hydrogens is 240 g/mol. The minimum absolute atomic E-state index is 0.00329. The number of carbonyl (C=O) groups excluding carboxylic acids is 1. The van der Waals surface area contributed by atoms with Gasteiger partial charge in [0.25, 0.3) is 0 Å². The van der Waals surface area contributed by atoms with Gasteiger partial charge in [0.15, 0.2) is 0 Å². The van der Waals surface area contributed by atoms with Crippen LogP contribution in [0.15, 0.2) is 30.5 Å². The standard InChI is InChI=1S/C15H20N2O2/c1-11-5-4-6-14-13(11)7-8-17(14)9-15(18)16-12(2)10-19-3/h4-8,12H,9-10H2,1-3H3,(H,16,18). The van der Waals surface area contributed by atoms with E-state index < -0.39 is 0 Å². The van der Waals surface area contributed by atoms with Crippen molar-refractivity contribution >= 4 is 16.8 Å². The van der Waals surface area contributed by atoms with Crippen molar-refractivity contribution < 1.29 is 9.53 Å². The molecule has 0 bridgehead atoms. The number of aryl methyl sites for hydroxylation is 1. The van der Waals surface area contributed by atoms with Gasteiger partial charge in [0.2, 0.25) is 5.91 Å². The number of nitrogens with zero attached hydrogens (tertiary/aromatic N) is 1. The molecule has 0 saturated heterocycles. The Morgan fingerprint density at radius 1 is 1.42 bits per heavy atom. The van der Waals surface area contributed by atoms with Crippen molar-refractivity contribution in [3.05, 3.63) is 36.0 Å². The predicted octanol–water partition coefficient (Wildman–Crippen LogP) is 2.10. The fraction of sp³-hybridized carbons (Fsp3) is 0.400. The summed E-state index contributed by atoms with van der Waals surface area (Å²) < 4.78 is 6.97. The van der Waals surface area contributed by atoms with Crippen LogP contribution in [0.4, 0.5) is 0 Å². The molecule has 1 unspecified atom stereocenters. The molecule has 19 heavy (non-hydrogen) atoms. The third kappa shape index (κ3) is 3.15. The van der Waals surface area contributed by atoms with Gasteiger partial charge in [-0.2, -0.15) is 0 Å². The lowest BCUT2D eigenvalue weighted by Gasteiger charge is -2.13. The van der Waals surface area contributed by atoms with Gasteiger partial charge in [-0.05, 0) is 31.5 Å². The number of hydrogen-bond acceptors (Lipinski definition) is 2. The van der Waals surface area contributed by atoms with Gasteiger partial charge in [-0.3, -0.25) is 4.79 Å². The van der Waals surface area contributed by atoms with Crippen LogP contribution in [-0.2, 0) is 16.1 Å². The lowest BCUT2D eigenvalue weighted by atomic mass is 10.1. The largest absolute Gasteiger partial charge is 0.383 e. The van der Waals surface area contributed by atoms with Crippen LogP contribution in [0.3, 0.4) is 0 Å². The Kier molecular flexibility index (Phi) is 4.22. The molecule has 0 aliphatic rings. The van der Waals surface area contributed by atoms with E-state index in [1.54, 1.807) is 7.11 Å². The van der Waals surface area contributed by atoms with Crippen molar-refractivity contribution in [3.8, 4) is 0 Å². The second kappa shape index (κ2) is 5.89. The number of methoxy groups -OCH3 is 1. The van der Waals surface area contributed by atoms with Crippen LogP contribution in [-0.4, -0.2) is 30.2 Å². The molecule has 1 amide bonds. The van der Waals surface area contributed by atoms with E-state index in [9.17, 15) is 4.79 Å². The van der Waals surface area contributed by atoms with E-state index in [0.717, 1.165) is 5.52 Å². The zero-order valence-corrected chi connectivity index (χ0v) is 11.6. The first-order chi connectivity index (χ1) is 9.11. The van der Waals surface area contributed by atoms with Gasteiger partial charge in [0, 0.05) is 30.3 Å². The molecule has 1 heterocycles. The summed E-state index contributed by atoms with van der Waals surface area (Å²) in [7, 11) is 1.63. The Labute approximate surface area is 113 Å². The molecule has 0 radical (unpaired) electrons. The zero-order valence-electron chi connectivity index (χ0n) is 11.6. The van der Waals surface area contributed by atoms with Crippen LogP contribution < -0.4 is 5.32 Å². The minimum Gasteiger partial charge on any atom is -0.383 e. The smallest absolute Gasteiger partial charge is 0.240 e. The topological polar surface area (TPSA) is 43.3 Å². The maximum atomic E-state index is 11.9. The van der Waals surface area contributed by atoms with Crippen LogP contribution in [0.1, 0.15) is 12.5 Å². The molecule has 1 aromatic carbocycles. The maximum absolute atomic E-state index is 11.9. The maximum Gasteiger partial charge on any atom is 0.240 e. The summed E-state index contributed by atoms with van der Waals surface area (Å²) >= 11 is 0. The van der Waals surface area contributed by atoms with Crippen LogP contribution in [0.25, 0.3) is 10.9 Å². The summed E-state index contributed by atoms with van der Waals surface area (Å²) in [4.78, 5) is 11.9. The summed E-state index contributed by atoms with van der Waals surface area (Å²) in [5.74, 6) is 0.00329. The normalized spacial score (nSPS) is 12.6. The van der Waals surface area contributed by atoms with Crippen LogP contribution >= 0.6 is 0 Å². The molecule has 4 heteroatoms. The molecule has 2 rings (SSSR count). The van der Waals surface area contributed by atoms with Crippen LogP contribution in [0.2, 0.25) is 0 Å². The van der Waals surface area contributed by atoms with Crippen LogP contribution in [0, 0.1) is 6.92 Å². The number of fused-ring (bicyclic) bond motifs is 1. The highest BCUT2D eigenvalue weighted by atomic mass is 16.5. The number of amides is 1. The molecule has 1 atom stereocenters. The number of aromatic nitrogens is 1. The third-order valence-corrected chi connectivity index (χ3v) is 3.17. The molecule has 0 saturated carbocycles. The number of rotatable bonds is 5. The molecule has 102 valence electrons. The minimum atomic E-state index is 0.00329. The Hall–Kier alpha value is -1.81. The molecule has 0 aliphatic carbocycles. The molecule has 0 aliphatic heterocycles. The van der Waals surface area contributed by atoms with Gasteiger partial charge < -0.3 is 14.6 Å². The number of ether oxygens (including phenoxy) is 1. The third-order valence-electron chi connectivity index (χ3n) is 3.17. The number of carbonyl (C=O) groups is 1. The molecule has 4 nitrogen and oxygen atoms in total. The van der Waals surface area contributed by atoms with Crippen molar-refractivity contribution in [2.75, 3.05) is 13.7 Å². The second-order valence-corrected chi connectivity index (χ2v) is 4.88. The first kappa shape index (κ1) is 13.6. The summed E-state index contributed by atoms with van der Waals surface area (Å²) in [5.41, 5.74) is 2.32. The Morgan fingerprint density at radius 3 is 2.95 bits per heavy atom. The number of nitrogens with one attached hydrogen (secondary N) is 1. The van der Waals surface area contributed by atoms with Crippen molar-refractivity contribution in [2.24, 2.45) is 0 Å². The quantitative estimate of drug-likeness (QED) is 0.894. The summed E-state index contributed by atoms with van der Waals surface area (Å²) in [6.07, 6.45) is 1.96. The van der Waals surface area contributed by atoms with Gasteiger partial charge in [-0.15, -0.1) is 0 Å². The Bertz CT molecular complexity index is 575. The average Bonchev–Trinajstić information content (AvgIpc) is 2.74. The monoisotopic (exact) mass is 260 g/mol. The zero-order chi connectivity index (χ0) is 13.8. The van der Waals surface area contributed by atoms with E-state index in [0.29, 0.717) is 13.2 Å². The SMILES string of the molecule is COCC(C)NC(=O)Cn1ccc2c(C)cccc21. The van der Waals surface area contributed by atoms with E-state index in [1.807, 2.05) is 29.8 Å². The van der Waals surface area contributed by atoms with Gasteiger partial charge in [0.1, 0.15) is 6.54 Å². The average molecular weight is 260 g/mol. The number of hydrogen-bond donors (Lipinski definition) is 1. The van der Waals surface area contributed by atoms with E-state index >= 15 is 0 Å².